The molecule has 0 aliphatic heterocycles. The summed E-state index contributed by atoms with van der Waals surface area (Å²) >= 11 is 3.17. The van der Waals surface area contributed by atoms with Crippen molar-refractivity contribution in [2.45, 2.75) is 6.42 Å². The molecular weight excluding hydrogens is 332 g/mol. The Bertz CT molecular complexity index is 767. The number of anilines is 1. The third-order valence-corrected chi connectivity index (χ3v) is 4.57. The van der Waals surface area contributed by atoms with Gasteiger partial charge in [-0.05, 0) is 46.7 Å². The molecule has 3 rings (SSSR count). The third kappa shape index (κ3) is 4.30. The van der Waals surface area contributed by atoms with E-state index in [0.29, 0.717) is 17.3 Å². The number of ether oxygens (including phenoxy) is 2. The lowest BCUT2D eigenvalue weighted by atomic mass is 10.2. The first-order valence-electron chi connectivity index (χ1n) is 6.81. The van der Waals surface area contributed by atoms with E-state index in [0.717, 1.165) is 11.4 Å². The smallest absolute Gasteiger partial charge is 0.418 e. The summed E-state index contributed by atoms with van der Waals surface area (Å²) in [7, 11) is 1.58. The topological polar surface area (TPSA) is 60.5 Å². The van der Waals surface area contributed by atoms with Crippen LogP contribution in [0.2, 0.25) is 0 Å². The predicted octanol–water partition coefficient (Wildman–Crippen LogP) is 4.41. The van der Waals surface area contributed by atoms with Gasteiger partial charge in [-0.1, -0.05) is 0 Å². The maximum Gasteiger partial charge on any atom is 0.418 e. The van der Waals surface area contributed by atoms with Crippen molar-refractivity contribution in [2.24, 2.45) is 0 Å². The molecule has 1 aromatic carbocycles. The molecule has 0 radical (unpaired) electrons. The molecule has 0 spiro atoms. The van der Waals surface area contributed by atoms with Gasteiger partial charge in [0.05, 0.1) is 12.1 Å². The summed E-state index contributed by atoms with van der Waals surface area (Å²) in [6, 6.07) is 8.86. The lowest BCUT2D eigenvalue weighted by Crippen LogP contribution is -2.16. The summed E-state index contributed by atoms with van der Waals surface area (Å²) in [6.07, 6.45) is 0.200. The Morgan fingerprint density at radius 3 is 2.65 bits per heavy atom. The number of nitrogens with one attached hydrogen (secondary N) is 1. The number of methoxy groups -OCH3 is 1. The number of rotatable bonds is 5. The highest BCUT2D eigenvalue weighted by Gasteiger charge is 2.09. The number of aromatic nitrogens is 1. The van der Waals surface area contributed by atoms with Gasteiger partial charge in [-0.3, -0.25) is 5.32 Å². The molecule has 0 bridgehead atoms. The molecule has 3 aromatic rings. The summed E-state index contributed by atoms with van der Waals surface area (Å²) in [5, 5.41) is 9.50. The van der Waals surface area contributed by atoms with E-state index in [4.69, 9.17) is 9.47 Å². The van der Waals surface area contributed by atoms with Gasteiger partial charge >= 0.3 is 6.09 Å². The Morgan fingerprint density at radius 2 is 1.96 bits per heavy atom. The Balaban J connectivity index is 1.56. The van der Waals surface area contributed by atoms with Gasteiger partial charge in [-0.15, -0.1) is 11.3 Å². The maximum absolute atomic E-state index is 11.9. The van der Waals surface area contributed by atoms with E-state index in [1.165, 1.54) is 16.9 Å². The zero-order valence-corrected chi connectivity index (χ0v) is 13.9. The van der Waals surface area contributed by atoms with Crippen molar-refractivity contribution in [1.82, 2.24) is 4.98 Å². The Morgan fingerprint density at radius 1 is 1.17 bits per heavy atom. The molecule has 0 saturated carbocycles. The molecule has 1 N–H and O–H groups in total. The number of hydrogen-bond acceptors (Lipinski definition) is 6. The zero-order valence-electron chi connectivity index (χ0n) is 12.3. The summed E-state index contributed by atoms with van der Waals surface area (Å²) in [5.74, 6) is 1.64. The van der Waals surface area contributed by atoms with Gasteiger partial charge in [0.2, 0.25) is 0 Å². The minimum Gasteiger partial charge on any atom is -0.497 e. The SMILES string of the molecule is COc1ccc(OC(=O)Nc2csc(Cc3ccsc3)n2)cc1. The monoisotopic (exact) mass is 346 g/mol. The molecule has 0 saturated heterocycles. The number of benzene rings is 1. The Hall–Kier alpha value is -2.38. The average Bonchev–Trinajstić information content (AvgIpc) is 3.21. The molecule has 2 heterocycles. The fourth-order valence-electron chi connectivity index (χ4n) is 1.90. The molecule has 1 amide bonds. The molecule has 23 heavy (non-hydrogen) atoms. The molecule has 118 valence electrons. The molecule has 7 heteroatoms. The lowest BCUT2D eigenvalue weighted by molar-refractivity contribution is 0.215. The maximum atomic E-state index is 11.9. The van der Waals surface area contributed by atoms with Crippen LogP contribution < -0.4 is 14.8 Å². The first kappa shape index (κ1) is 15.5. The van der Waals surface area contributed by atoms with Crippen molar-refractivity contribution >= 4 is 34.6 Å². The highest BCUT2D eigenvalue weighted by atomic mass is 32.1. The standard InChI is InChI=1S/C16H14N2O3S2/c1-20-12-2-4-13(5-3-12)21-16(19)18-14-10-23-15(17-14)8-11-6-7-22-9-11/h2-7,9-10H,8H2,1H3,(H,18,19). The summed E-state index contributed by atoms with van der Waals surface area (Å²) < 4.78 is 10.2. The first-order chi connectivity index (χ1) is 11.2. The predicted molar refractivity (Wildman–Crippen MR) is 91.9 cm³/mol. The Labute approximate surface area is 141 Å². The van der Waals surface area contributed by atoms with Crippen LogP contribution in [0.25, 0.3) is 0 Å². The van der Waals surface area contributed by atoms with Crippen LogP contribution in [0.1, 0.15) is 10.6 Å². The van der Waals surface area contributed by atoms with Crippen molar-refractivity contribution in [1.29, 1.82) is 0 Å². The molecule has 0 atom stereocenters. The van der Waals surface area contributed by atoms with Crippen molar-refractivity contribution in [3.63, 3.8) is 0 Å². The van der Waals surface area contributed by atoms with Gasteiger partial charge in [0.1, 0.15) is 17.3 Å². The van der Waals surface area contributed by atoms with Crippen LogP contribution in [-0.2, 0) is 6.42 Å². The lowest BCUT2D eigenvalue weighted by Gasteiger charge is -2.05. The first-order valence-corrected chi connectivity index (χ1v) is 8.63. The summed E-state index contributed by atoms with van der Waals surface area (Å²) in [5.41, 5.74) is 1.22. The number of amides is 1. The molecule has 0 fully saturated rings. The second kappa shape index (κ2) is 7.26. The van der Waals surface area contributed by atoms with Crippen molar-refractivity contribution in [3.05, 3.63) is 57.0 Å². The summed E-state index contributed by atoms with van der Waals surface area (Å²) in [4.78, 5) is 16.2. The average molecular weight is 346 g/mol. The third-order valence-electron chi connectivity index (χ3n) is 2.99. The normalized spacial score (nSPS) is 10.3. The van der Waals surface area contributed by atoms with Crippen LogP contribution in [0, 0.1) is 0 Å². The number of thiazole rings is 1. The second-order valence-electron chi connectivity index (χ2n) is 4.62. The molecule has 0 unspecified atom stereocenters. The Kier molecular flexibility index (Phi) is 4.89. The second-order valence-corrected chi connectivity index (χ2v) is 6.35. The molecule has 2 aromatic heterocycles. The fourth-order valence-corrected chi connectivity index (χ4v) is 3.33. The van der Waals surface area contributed by atoms with Crippen LogP contribution >= 0.6 is 22.7 Å². The highest BCUT2D eigenvalue weighted by molar-refractivity contribution is 7.10. The van der Waals surface area contributed by atoms with Crippen molar-refractivity contribution < 1.29 is 14.3 Å². The molecule has 0 aliphatic rings. The molecular formula is C16H14N2O3S2. The number of hydrogen-bond donors (Lipinski definition) is 1. The minimum absolute atomic E-state index is 0.442. The van der Waals surface area contributed by atoms with Crippen LogP contribution in [0.3, 0.4) is 0 Å². The highest BCUT2D eigenvalue weighted by Crippen LogP contribution is 2.20. The van der Waals surface area contributed by atoms with Crippen LogP contribution in [0.15, 0.2) is 46.5 Å². The fraction of sp³-hybridized carbons (Fsp3) is 0.125. The minimum atomic E-state index is -0.567. The van der Waals surface area contributed by atoms with Crippen LogP contribution in [0.5, 0.6) is 11.5 Å². The van der Waals surface area contributed by atoms with E-state index < -0.39 is 6.09 Å². The van der Waals surface area contributed by atoms with E-state index in [2.05, 4.69) is 21.7 Å². The van der Waals surface area contributed by atoms with Crippen LogP contribution in [0.4, 0.5) is 10.6 Å². The summed E-state index contributed by atoms with van der Waals surface area (Å²) in [6.45, 7) is 0. The van der Waals surface area contributed by atoms with Crippen LogP contribution in [-0.4, -0.2) is 18.2 Å². The van der Waals surface area contributed by atoms with E-state index in [1.807, 2.05) is 5.38 Å². The number of nitrogens with zero attached hydrogens (tertiary/aromatic N) is 1. The van der Waals surface area contributed by atoms with Crippen molar-refractivity contribution in [3.8, 4) is 11.5 Å². The molecule has 0 aliphatic carbocycles. The van der Waals surface area contributed by atoms with Gasteiger partial charge in [-0.25, -0.2) is 9.78 Å². The van der Waals surface area contributed by atoms with Gasteiger partial charge in [0.15, 0.2) is 0 Å². The number of carbonyl (C=O) groups excluding carboxylic acids is 1. The number of thiophene rings is 1. The zero-order chi connectivity index (χ0) is 16.1. The van der Waals surface area contributed by atoms with Gasteiger partial charge in [-0.2, -0.15) is 11.3 Å². The van der Waals surface area contributed by atoms with E-state index in [9.17, 15) is 4.79 Å². The molecule has 5 nitrogen and oxygen atoms in total. The van der Waals surface area contributed by atoms with E-state index in [1.54, 1.807) is 48.1 Å². The largest absolute Gasteiger partial charge is 0.497 e. The number of carbonyl (C=O) groups is 1. The quantitative estimate of drug-likeness (QED) is 0.743. The van der Waals surface area contributed by atoms with E-state index in [-0.39, 0.29) is 0 Å². The van der Waals surface area contributed by atoms with Gasteiger partial charge in [0.25, 0.3) is 0 Å². The van der Waals surface area contributed by atoms with Gasteiger partial charge in [0, 0.05) is 11.8 Å². The van der Waals surface area contributed by atoms with Crippen molar-refractivity contribution in [2.75, 3.05) is 12.4 Å². The van der Waals surface area contributed by atoms with E-state index >= 15 is 0 Å². The van der Waals surface area contributed by atoms with Gasteiger partial charge < -0.3 is 9.47 Å².